The van der Waals surface area contributed by atoms with Gasteiger partial charge in [0.1, 0.15) is 0 Å². The maximum absolute atomic E-state index is 9.76. The van der Waals surface area contributed by atoms with Crippen LogP contribution in [-0.2, 0) is 11.8 Å². The van der Waals surface area contributed by atoms with Gasteiger partial charge < -0.3 is 10.2 Å². The van der Waals surface area contributed by atoms with Crippen molar-refractivity contribution in [2.75, 3.05) is 13.2 Å². The third kappa shape index (κ3) is 3.45. The van der Waals surface area contributed by atoms with Gasteiger partial charge in [0.05, 0.1) is 13.2 Å². The van der Waals surface area contributed by atoms with Crippen LogP contribution in [0.15, 0.2) is 45.6 Å². The van der Waals surface area contributed by atoms with Gasteiger partial charge in [0.15, 0.2) is 0 Å². The van der Waals surface area contributed by atoms with Crippen LogP contribution in [0.3, 0.4) is 0 Å². The lowest BCUT2D eigenvalue weighted by molar-refractivity contribution is 0.109. The summed E-state index contributed by atoms with van der Waals surface area (Å²) in [6, 6.07) is 9.90. The molecule has 2 aromatic rings. The lowest BCUT2D eigenvalue weighted by atomic mass is 9.77. The zero-order valence-electron chi connectivity index (χ0n) is 10.6. The summed E-state index contributed by atoms with van der Waals surface area (Å²) < 4.78 is 0.999. The molecular formula is C15H17BrO2S. The lowest BCUT2D eigenvalue weighted by Crippen LogP contribution is -2.35. The molecule has 1 aromatic heterocycles. The van der Waals surface area contributed by atoms with Gasteiger partial charge in [-0.05, 0) is 52.9 Å². The molecule has 19 heavy (non-hydrogen) atoms. The van der Waals surface area contributed by atoms with Crippen molar-refractivity contribution in [1.29, 1.82) is 0 Å². The number of benzene rings is 1. The van der Waals surface area contributed by atoms with E-state index in [-0.39, 0.29) is 13.2 Å². The molecule has 102 valence electrons. The van der Waals surface area contributed by atoms with Crippen LogP contribution >= 0.6 is 27.3 Å². The molecule has 0 amide bonds. The summed E-state index contributed by atoms with van der Waals surface area (Å²) in [6.07, 6.45) is 1.60. The van der Waals surface area contributed by atoms with Crippen molar-refractivity contribution in [3.8, 4) is 0 Å². The molecule has 0 aliphatic heterocycles. The van der Waals surface area contributed by atoms with Gasteiger partial charge in [-0.3, -0.25) is 0 Å². The van der Waals surface area contributed by atoms with E-state index in [4.69, 9.17) is 0 Å². The molecule has 2 rings (SSSR count). The number of aliphatic hydroxyl groups is 2. The fourth-order valence-electron chi connectivity index (χ4n) is 2.16. The minimum Gasteiger partial charge on any atom is -0.395 e. The minimum atomic E-state index is -0.567. The molecule has 0 fully saturated rings. The van der Waals surface area contributed by atoms with Crippen molar-refractivity contribution in [3.05, 3.63) is 56.7 Å². The molecule has 0 saturated heterocycles. The summed E-state index contributed by atoms with van der Waals surface area (Å²) in [5, 5.41) is 23.7. The van der Waals surface area contributed by atoms with Crippen LogP contribution in [-0.4, -0.2) is 23.4 Å². The van der Waals surface area contributed by atoms with E-state index in [9.17, 15) is 10.2 Å². The summed E-state index contributed by atoms with van der Waals surface area (Å²) in [7, 11) is 0. The Bertz CT molecular complexity index is 489. The lowest BCUT2D eigenvalue weighted by Gasteiger charge is -2.30. The van der Waals surface area contributed by atoms with E-state index < -0.39 is 5.41 Å². The summed E-state index contributed by atoms with van der Waals surface area (Å²) in [5.74, 6) is 0. The van der Waals surface area contributed by atoms with Crippen LogP contribution in [0.4, 0.5) is 0 Å². The Morgan fingerprint density at radius 1 is 1.05 bits per heavy atom. The molecule has 1 heterocycles. The Kier molecular flexibility index (Phi) is 5.16. The van der Waals surface area contributed by atoms with E-state index in [0.717, 1.165) is 22.9 Å². The standard InChI is InChI=1S/C15H17BrO2S/c16-14-3-1-13(2-4-14)15(10-17,11-18)7-5-12-6-8-19-9-12/h1-4,6,8-9,17-18H,5,7,10-11H2. The quantitative estimate of drug-likeness (QED) is 0.846. The first-order valence-corrected chi connectivity index (χ1v) is 7.92. The first-order valence-electron chi connectivity index (χ1n) is 6.19. The maximum Gasteiger partial charge on any atom is 0.0550 e. The first-order chi connectivity index (χ1) is 9.20. The monoisotopic (exact) mass is 340 g/mol. The molecular weight excluding hydrogens is 324 g/mol. The zero-order valence-corrected chi connectivity index (χ0v) is 13.0. The molecule has 4 heteroatoms. The average Bonchev–Trinajstić information content (AvgIpc) is 2.95. The molecule has 2 nitrogen and oxygen atoms in total. The smallest absolute Gasteiger partial charge is 0.0550 e. The van der Waals surface area contributed by atoms with Crippen molar-refractivity contribution in [3.63, 3.8) is 0 Å². The highest BCUT2D eigenvalue weighted by molar-refractivity contribution is 9.10. The van der Waals surface area contributed by atoms with Gasteiger partial charge in [-0.15, -0.1) is 0 Å². The number of aryl methyl sites for hydroxylation is 1. The van der Waals surface area contributed by atoms with Crippen LogP contribution in [0, 0.1) is 0 Å². The number of thiophene rings is 1. The van der Waals surface area contributed by atoms with Crippen LogP contribution in [0.5, 0.6) is 0 Å². The highest BCUT2D eigenvalue weighted by Crippen LogP contribution is 2.30. The van der Waals surface area contributed by atoms with E-state index in [0.29, 0.717) is 0 Å². The fraction of sp³-hybridized carbons (Fsp3) is 0.333. The number of aliphatic hydroxyl groups excluding tert-OH is 2. The summed E-state index contributed by atoms with van der Waals surface area (Å²) in [6.45, 7) is -0.0927. The van der Waals surface area contributed by atoms with Gasteiger partial charge in [0.25, 0.3) is 0 Å². The van der Waals surface area contributed by atoms with Crippen LogP contribution in [0.1, 0.15) is 17.5 Å². The Morgan fingerprint density at radius 3 is 2.26 bits per heavy atom. The molecule has 0 aliphatic rings. The minimum absolute atomic E-state index is 0.0464. The average molecular weight is 341 g/mol. The highest BCUT2D eigenvalue weighted by Gasteiger charge is 2.30. The van der Waals surface area contributed by atoms with Gasteiger partial charge in [0.2, 0.25) is 0 Å². The van der Waals surface area contributed by atoms with Crippen molar-refractivity contribution < 1.29 is 10.2 Å². The van der Waals surface area contributed by atoms with Gasteiger partial charge in [0, 0.05) is 9.89 Å². The molecule has 0 atom stereocenters. The third-order valence-electron chi connectivity index (χ3n) is 3.53. The number of hydrogen-bond acceptors (Lipinski definition) is 3. The second-order valence-electron chi connectivity index (χ2n) is 4.74. The topological polar surface area (TPSA) is 40.5 Å². The van der Waals surface area contributed by atoms with E-state index in [1.54, 1.807) is 11.3 Å². The van der Waals surface area contributed by atoms with E-state index >= 15 is 0 Å². The van der Waals surface area contributed by atoms with Crippen molar-refractivity contribution >= 4 is 27.3 Å². The van der Waals surface area contributed by atoms with Crippen LogP contribution < -0.4 is 0 Å². The number of hydrogen-bond donors (Lipinski definition) is 2. The summed E-state index contributed by atoms with van der Waals surface area (Å²) in [4.78, 5) is 0. The number of halogens is 1. The summed E-state index contributed by atoms with van der Waals surface area (Å²) in [5.41, 5.74) is 1.67. The highest BCUT2D eigenvalue weighted by atomic mass is 79.9. The summed E-state index contributed by atoms with van der Waals surface area (Å²) >= 11 is 5.07. The first kappa shape index (κ1) is 14.7. The van der Waals surface area contributed by atoms with Gasteiger partial charge in [-0.1, -0.05) is 28.1 Å². The molecule has 0 unspecified atom stereocenters. The van der Waals surface area contributed by atoms with Crippen LogP contribution in [0.25, 0.3) is 0 Å². The second kappa shape index (κ2) is 6.66. The Balaban J connectivity index is 2.19. The third-order valence-corrected chi connectivity index (χ3v) is 4.79. The van der Waals surface area contributed by atoms with Crippen LogP contribution in [0.2, 0.25) is 0 Å². The van der Waals surface area contributed by atoms with E-state index in [2.05, 4.69) is 32.8 Å². The zero-order chi connectivity index (χ0) is 13.7. The molecule has 0 radical (unpaired) electrons. The Morgan fingerprint density at radius 2 is 1.74 bits per heavy atom. The van der Waals surface area contributed by atoms with E-state index in [1.165, 1.54) is 5.56 Å². The van der Waals surface area contributed by atoms with Crippen molar-refractivity contribution in [1.82, 2.24) is 0 Å². The normalized spacial score (nSPS) is 11.7. The Labute approximate surface area is 125 Å². The molecule has 0 saturated carbocycles. The fourth-order valence-corrected chi connectivity index (χ4v) is 3.12. The van der Waals surface area contributed by atoms with Gasteiger partial charge in [-0.2, -0.15) is 11.3 Å². The van der Waals surface area contributed by atoms with Crippen molar-refractivity contribution in [2.24, 2.45) is 0 Å². The maximum atomic E-state index is 9.76. The van der Waals surface area contributed by atoms with Gasteiger partial charge in [-0.25, -0.2) is 0 Å². The van der Waals surface area contributed by atoms with E-state index in [1.807, 2.05) is 24.3 Å². The molecule has 2 N–H and O–H groups in total. The predicted molar refractivity (Wildman–Crippen MR) is 82.6 cm³/mol. The predicted octanol–water partition coefficient (Wildman–Crippen LogP) is 3.37. The van der Waals surface area contributed by atoms with Crippen molar-refractivity contribution in [2.45, 2.75) is 18.3 Å². The second-order valence-corrected chi connectivity index (χ2v) is 6.43. The largest absolute Gasteiger partial charge is 0.395 e. The Hall–Kier alpha value is -0.680. The molecule has 1 aromatic carbocycles. The van der Waals surface area contributed by atoms with Gasteiger partial charge >= 0.3 is 0 Å². The molecule has 0 aliphatic carbocycles. The molecule has 0 spiro atoms. The SMILES string of the molecule is OCC(CO)(CCc1ccsc1)c1ccc(Br)cc1. The molecule has 0 bridgehead atoms. The number of rotatable bonds is 6.